The van der Waals surface area contributed by atoms with Crippen LogP contribution in [-0.4, -0.2) is 20.5 Å². The summed E-state index contributed by atoms with van der Waals surface area (Å²) >= 11 is 5.53. The Morgan fingerprint density at radius 3 is 2.60 bits per heavy atom. The summed E-state index contributed by atoms with van der Waals surface area (Å²) in [6.07, 6.45) is 1.02. The maximum atomic E-state index is 10.6. The van der Waals surface area contributed by atoms with Gasteiger partial charge in [-0.2, -0.15) is 4.98 Å². The summed E-state index contributed by atoms with van der Waals surface area (Å²) in [5.74, 6) is -0.118. The standard InChI is InChI=1S/C8H10ClN3O3/c1-8(2,3)15-6-5(12(13)14)4-10-7(9)11-6/h4H,1-3H3. The molecule has 0 aromatic carbocycles. The number of hydrogen-bond donors (Lipinski definition) is 0. The van der Waals surface area contributed by atoms with E-state index < -0.39 is 10.5 Å². The van der Waals surface area contributed by atoms with Crippen molar-refractivity contribution < 1.29 is 9.66 Å². The minimum atomic E-state index is -0.614. The highest BCUT2D eigenvalue weighted by atomic mass is 35.5. The number of hydrogen-bond acceptors (Lipinski definition) is 5. The topological polar surface area (TPSA) is 78.2 Å². The number of nitro groups is 1. The van der Waals surface area contributed by atoms with Crippen molar-refractivity contribution in [3.63, 3.8) is 0 Å². The Morgan fingerprint density at radius 2 is 2.13 bits per heavy atom. The second-order valence-corrected chi connectivity index (χ2v) is 4.14. The fraction of sp³-hybridized carbons (Fsp3) is 0.500. The van der Waals surface area contributed by atoms with E-state index in [1.165, 1.54) is 0 Å². The molecule has 1 aromatic rings. The van der Waals surface area contributed by atoms with E-state index in [9.17, 15) is 10.1 Å². The van der Waals surface area contributed by atoms with Crippen LogP contribution in [0.1, 0.15) is 20.8 Å². The summed E-state index contributed by atoms with van der Waals surface area (Å²) in [5.41, 5.74) is -0.878. The van der Waals surface area contributed by atoms with Crippen molar-refractivity contribution in [2.45, 2.75) is 26.4 Å². The summed E-state index contributed by atoms with van der Waals surface area (Å²) in [4.78, 5) is 17.2. The van der Waals surface area contributed by atoms with Gasteiger partial charge in [-0.25, -0.2) is 4.98 Å². The first kappa shape index (κ1) is 11.6. The first-order chi connectivity index (χ1) is 6.79. The zero-order valence-electron chi connectivity index (χ0n) is 8.52. The minimum absolute atomic E-state index is 0.0835. The molecule has 0 N–H and O–H groups in total. The van der Waals surface area contributed by atoms with Gasteiger partial charge in [0.15, 0.2) is 0 Å². The van der Waals surface area contributed by atoms with Gasteiger partial charge >= 0.3 is 5.69 Å². The molecule has 0 radical (unpaired) electrons. The SMILES string of the molecule is CC(C)(C)Oc1nc(Cl)ncc1[N+](=O)[O-]. The predicted octanol–water partition coefficient (Wildman–Crippen LogP) is 2.22. The van der Waals surface area contributed by atoms with Crippen LogP contribution in [0.15, 0.2) is 6.20 Å². The van der Waals surface area contributed by atoms with E-state index in [0.717, 1.165) is 6.20 Å². The Kier molecular flexibility index (Phi) is 3.09. The van der Waals surface area contributed by atoms with Crippen LogP contribution in [0.25, 0.3) is 0 Å². The van der Waals surface area contributed by atoms with Crippen molar-refractivity contribution in [3.05, 3.63) is 21.6 Å². The fourth-order valence-electron chi connectivity index (χ4n) is 0.830. The van der Waals surface area contributed by atoms with Crippen LogP contribution in [0.3, 0.4) is 0 Å². The summed E-state index contributed by atoms with van der Waals surface area (Å²) in [7, 11) is 0. The number of halogens is 1. The molecule has 0 saturated heterocycles. The molecule has 0 atom stereocenters. The highest BCUT2D eigenvalue weighted by molar-refractivity contribution is 6.28. The van der Waals surface area contributed by atoms with E-state index >= 15 is 0 Å². The molecule has 1 heterocycles. The third-order valence-corrected chi connectivity index (χ3v) is 1.49. The fourth-order valence-corrected chi connectivity index (χ4v) is 0.955. The van der Waals surface area contributed by atoms with Gasteiger partial charge in [0, 0.05) is 0 Å². The largest absolute Gasteiger partial charge is 0.467 e. The van der Waals surface area contributed by atoms with Crippen LogP contribution in [0.4, 0.5) is 5.69 Å². The van der Waals surface area contributed by atoms with Crippen molar-refractivity contribution in [3.8, 4) is 5.88 Å². The molecule has 0 bridgehead atoms. The Bertz CT molecular complexity index is 389. The molecule has 82 valence electrons. The first-order valence-electron chi connectivity index (χ1n) is 4.15. The smallest absolute Gasteiger partial charge is 0.349 e. The summed E-state index contributed by atoms with van der Waals surface area (Å²) < 4.78 is 5.30. The van der Waals surface area contributed by atoms with Gasteiger partial charge in [0.25, 0.3) is 5.88 Å². The van der Waals surface area contributed by atoms with Crippen molar-refractivity contribution in [1.82, 2.24) is 9.97 Å². The number of aromatic nitrogens is 2. The second kappa shape index (κ2) is 3.98. The van der Waals surface area contributed by atoms with E-state index in [1.807, 2.05) is 0 Å². The Balaban J connectivity index is 3.13. The van der Waals surface area contributed by atoms with E-state index in [4.69, 9.17) is 16.3 Å². The van der Waals surface area contributed by atoms with E-state index in [-0.39, 0.29) is 16.9 Å². The van der Waals surface area contributed by atoms with Gasteiger partial charge in [-0.15, -0.1) is 0 Å². The molecule has 15 heavy (non-hydrogen) atoms. The van der Waals surface area contributed by atoms with Crippen LogP contribution in [-0.2, 0) is 0 Å². The van der Waals surface area contributed by atoms with Gasteiger partial charge < -0.3 is 4.74 Å². The summed E-state index contributed by atoms with van der Waals surface area (Å²) in [6, 6.07) is 0. The van der Waals surface area contributed by atoms with E-state index in [1.54, 1.807) is 20.8 Å². The van der Waals surface area contributed by atoms with Gasteiger partial charge in [-0.05, 0) is 32.4 Å². The van der Waals surface area contributed by atoms with E-state index in [2.05, 4.69) is 9.97 Å². The van der Waals surface area contributed by atoms with Crippen LogP contribution < -0.4 is 4.74 Å². The van der Waals surface area contributed by atoms with Crippen LogP contribution in [0.5, 0.6) is 5.88 Å². The number of nitrogens with zero attached hydrogens (tertiary/aromatic N) is 3. The summed E-state index contributed by atoms with van der Waals surface area (Å²) in [6.45, 7) is 5.27. The molecule has 0 aliphatic heterocycles. The molecule has 0 amide bonds. The van der Waals surface area contributed by atoms with Crippen molar-refractivity contribution in [1.29, 1.82) is 0 Å². The molecular formula is C8H10ClN3O3. The number of rotatable bonds is 2. The van der Waals surface area contributed by atoms with Crippen LogP contribution in [0, 0.1) is 10.1 Å². The normalized spacial score (nSPS) is 11.2. The zero-order chi connectivity index (χ0) is 11.6. The minimum Gasteiger partial charge on any atom is -0.467 e. The molecule has 7 heteroatoms. The third kappa shape index (κ3) is 3.32. The molecule has 0 aliphatic carbocycles. The maximum absolute atomic E-state index is 10.6. The van der Waals surface area contributed by atoms with Gasteiger partial charge in [0.2, 0.25) is 5.28 Å². The molecule has 0 aliphatic rings. The predicted molar refractivity (Wildman–Crippen MR) is 54.1 cm³/mol. The van der Waals surface area contributed by atoms with Gasteiger partial charge in [-0.1, -0.05) is 0 Å². The number of ether oxygens (including phenoxy) is 1. The lowest BCUT2D eigenvalue weighted by Crippen LogP contribution is -2.24. The van der Waals surface area contributed by atoms with Crippen LogP contribution in [0.2, 0.25) is 5.28 Å². The van der Waals surface area contributed by atoms with Gasteiger partial charge in [-0.3, -0.25) is 10.1 Å². The zero-order valence-corrected chi connectivity index (χ0v) is 9.28. The Hall–Kier alpha value is -1.43. The summed E-state index contributed by atoms with van der Waals surface area (Å²) in [5, 5.41) is 10.5. The van der Waals surface area contributed by atoms with Crippen molar-refractivity contribution in [2.75, 3.05) is 0 Å². The molecule has 1 rings (SSSR count). The lowest BCUT2D eigenvalue weighted by atomic mass is 10.2. The molecule has 0 fully saturated rings. The highest BCUT2D eigenvalue weighted by Crippen LogP contribution is 2.27. The van der Waals surface area contributed by atoms with Crippen molar-refractivity contribution >= 4 is 17.3 Å². The molecule has 0 saturated carbocycles. The monoisotopic (exact) mass is 231 g/mol. The van der Waals surface area contributed by atoms with Crippen molar-refractivity contribution in [2.24, 2.45) is 0 Å². The molecule has 0 unspecified atom stereocenters. The third-order valence-electron chi connectivity index (χ3n) is 1.31. The molecule has 0 spiro atoms. The average molecular weight is 232 g/mol. The highest BCUT2D eigenvalue weighted by Gasteiger charge is 2.23. The molecular weight excluding hydrogens is 222 g/mol. The van der Waals surface area contributed by atoms with E-state index in [0.29, 0.717) is 0 Å². The molecule has 1 aromatic heterocycles. The second-order valence-electron chi connectivity index (χ2n) is 3.80. The molecule has 6 nitrogen and oxygen atoms in total. The Morgan fingerprint density at radius 1 is 1.53 bits per heavy atom. The maximum Gasteiger partial charge on any atom is 0.349 e. The Labute approximate surface area is 91.4 Å². The lowest BCUT2D eigenvalue weighted by Gasteiger charge is -2.19. The lowest BCUT2D eigenvalue weighted by molar-refractivity contribution is -0.386. The van der Waals surface area contributed by atoms with Gasteiger partial charge in [0.1, 0.15) is 11.8 Å². The quantitative estimate of drug-likeness (QED) is 0.443. The van der Waals surface area contributed by atoms with Crippen LogP contribution >= 0.6 is 11.6 Å². The average Bonchev–Trinajstić information content (AvgIpc) is 1.99. The van der Waals surface area contributed by atoms with Gasteiger partial charge in [0.05, 0.1) is 4.92 Å². The first-order valence-corrected chi connectivity index (χ1v) is 4.53.